The van der Waals surface area contributed by atoms with E-state index in [0.29, 0.717) is 0 Å². The summed E-state index contributed by atoms with van der Waals surface area (Å²) in [6.45, 7) is 8.44. The van der Waals surface area contributed by atoms with Gasteiger partial charge in [-0.3, -0.25) is 9.69 Å². The maximum atomic E-state index is 10.9. The standard InChI is InChI=1S/C9H18N2O/c1-5-7-11(4)8(3)10-9(12)6-2/h6,8H,2,5,7H2,1,3-4H3,(H,10,12). The molecule has 0 bridgehead atoms. The fraction of sp³-hybridized carbons (Fsp3) is 0.667. The Balaban J connectivity index is 3.77. The van der Waals surface area contributed by atoms with Crippen molar-refractivity contribution in [3.8, 4) is 0 Å². The molecule has 0 aromatic rings. The lowest BCUT2D eigenvalue weighted by Crippen LogP contribution is -2.43. The number of rotatable bonds is 5. The minimum atomic E-state index is -0.120. The molecule has 0 heterocycles. The molecule has 0 spiro atoms. The topological polar surface area (TPSA) is 32.3 Å². The zero-order valence-electron chi connectivity index (χ0n) is 8.13. The summed E-state index contributed by atoms with van der Waals surface area (Å²) in [4.78, 5) is 13.0. The third-order valence-corrected chi connectivity index (χ3v) is 1.77. The van der Waals surface area contributed by atoms with E-state index in [-0.39, 0.29) is 12.1 Å². The van der Waals surface area contributed by atoms with Crippen molar-refractivity contribution in [3.63, 3.8) is 0 Å². The first-order chi connectivity index (χ1) is 5.61. The third kappa shape index (κ3) is 4.13. The van der Waals surface area contributed by atoms with Crippen LogP contribution < -0.4 is 5.32 Å². The van der Waals surface area contributed by atoms with Crippen LogP contribution in [0.25, 0.3) is 0 Å². The van der Waals surface area contributed by atoms with Gasteiger partial charge in [0.05, 0.1) is 6.17 Å². The van der Waals surface area contributed by atoms with Crippen LogP contribution in [0.5, 0.6) is 0 Å². The van der Waals surface area contributed by atoms with Gasteiger partial charge in [0.1, 0.15) is 0 Å². The van der Waals surface area contributed by atoms with Gasteiger partial charge in [0, 0.05) is 0 Å². The summed E-state index contributed by atoms with van der Waals surface area (Å²) in [5.74, 6) is -0.120. The molecule has 1 N–H and O–H groups in total. The van der Waals surface area contributed by atoms with Crippen molar-refractivity contribution in [2.24, 2.45) is 0 Å². The highest BCUT2D eigenvalue weighted by molar-refractivity contribution is 5.86. The van der Waals surface area contributed by atoms with Gasteiger partial charge >= 0.3 is 0 Å². The Morgan fingerprint density at radius 2 is 2.33 bits per heavy atom. The van der Waals surface area contributed by atoms with Crippen LogP contribution in [0.15, 0.2) is 12.7 Å². The molecule has 0 saturated carbocycles. The highest BCUT2D eigenvalue weighted by Gasteiger charge is 2.08. The van der Waals surface area contributed by atoms with Crippen LogP contribution in [0, 0.1) is 0 Å². The van der Waals surface area contributed by atoms with Crippen LogP contribution in [-0.2, 0) is 4.79 Å². The molecule has 0 rings (SSSR count). The summed E-state index contributed by atoms with van der Waals surface area (Å²) in [6, 6.07) is 0. The maximum absolute atomic E-state index is 10.9. The first-order valence-corrected chi connectivity index (χ1v) is 4.25. The van der Waals surface area contributed by atoms with Crippen molar-refractivity contribution in [2.75, 3.05) is 13.6 Å². The summed E-state index contributed by atoms with van der Waals surface area (Å²) >= 11 is 0. The fourth-order valence-electron chi connectivity index (χ4n) is 0.921. The molecule has 3 nitrogen and oxygen atoms in total. The summed E-state index contributed by atoms with van der Waals surface area (Å²) < 4.78 is 0. The lowest BCUT2D eigenvalue weighted by Gasteiger charge is -2.24. The Bertz CT molecular complexity index is 157. The molecule has 12 heavy (non-hydrogen) atoms. The van der Waals surface area contributed by atoms with Crippen molar-refractivity contribution >= 4 is 5.91 Å². The molecule has 0 radical (unpaired) electrons. The highest BCUT2D eigenvalue weighted by Crippen LogP contribution is 1.92. The molecular formula is C9H18N2O. The van der Waals surface area contributed by atoms with Crippen LogP contribution >= 0.6 is 0 Å². The smallest absolute Gasteiger partial charge is 0.244 e. The van der Waals surface area contributed by atoms with Crippen LogP contribution in [0.4, 0.5) is 0 Å². The Hall–Kier alpha value is -0.830. The fourth-order valence-corrected chi connectivity index (χ4v) is 0.921. The molecule has 0 aliphatic rings. The van der Waals surface area contributed by atoms with Gasteiger partial charge in [-0.25, -0.2) is 0 Å². The van der Waals surface area contributed by atoms with Crippen molar-refractivity contribution in [3.05, 3.63) is 12.7 Å². The van der Waals surface area contributed by atoms with E-state index in [1.165, 1.54) is 6.08 Å². The van der Waals surface area contributed by atoms with Crippen LogP contribution in [0.2, 0.25) is 0 Å². The molecule has 1 atom stereocenters. The van der Waals surface area contributed by atoms with E-state index < -0.39 is 0 Å². The van der Waals surface area contributed by atoms with Crippen LogP contribution in [0.1, 0.15) is 20.3 Å². The minimum Gasteiger partial charge on any atom is -0.337 e. The predicted octanol–water partition coefficient (Wildman–Crippen LogP) is 0.976. The van der Waals surface area contributed by atoms with Gasteiger partial charge in [-0.05, 0) is 33.0 Å². The van der Waals surface area contributed by atoms with Gasteiger partial charge in [0.15, 0.2) is 0 Å². The van der Waals surface area contributed by atoms with E-state index in [1.54, 1.807) is 0 Å². The van der Waals surface area contributed by atoms with Crippen molar-refractivity contribution in [1.29, 1.82) is 0 Å². The second-order valence-corrected chi connectivity index (χ2v) is 2.87. The molecule has 1 amide bonds. The van der Waals surface area contributed by atoms with Crippen molar-refractivity contribution in [1.82, 2.24) is 10.2 Å². The SMILES string of the molecule is C=CC(=O)NC(C)N(C)CCC. The zero-order chi connectivity index (χ0) is 9.56. The average molecular weight is 170 g/mol. The van der Waals surface area contributed by atoms with Gasteiger partial charge in [0.25, 0.3) is 0 Å². The summed E-state index contributed by atoms with van der Waals surface area (Å²) in [5.41, 5.74) is 0. The van der Waals surface area contributed by atoms with Crippen molar-refractivity contribution in [2.45, 2.75) is 26.4 Å². The largest absolute Gasteiger partial charge is 0.337 e. The van der Waals surface area contributed by atoms with Gasteiger partial charge in [-0.1, -0.05) is 13.5 Å². The minimum absolute atomic E-state index is 0.0791. The van der Waals surface area contributed by atoms with E-state index in [4.69, 9.17) is 0 Å². The molecule has 0 aliphatic carbocycles. The van der Waals surface area contributed by atoms with Gasteiger partial charge in [0.2, 0.25) is 5.91 Å². The molecule has 0 aromatic heterocycles. The summed E-state index contributed by atoms with van der Waals surface area (Å²) in [5, 5.41) is 2.78. The molecule has 0 aliphatic heterocycles. The van der Waals surface area contributed by atoms with E-state index in [0.717, 1.165) is 13.0 Å². The number of hydrogen-bond acceptors (Lipinski definition) is 2. The lowest BCUT2D eigenvalue weighted by molar-refractivity contribution is -0.118. The summed E-state index contributed by atoms with van der Waals surface area (Å²) in [7, 11) is 1.98. The molecular weight excluding hydrogens is 152 g/mol. The number of nitrogens with zero attached hydrogens (tertiary/aromatic N) is 1. The van der Waals surface area contributed by atoms with E-state index in [9.17, 15) is 4.79 Å². The van der Waals surface area contributed by atoms with Gasteiger partial charge in [-0.2, -0.15) is 0 Å². The Labute approximate surface area is 74.4 Å². The Morgan fingerprint density at radius 3 is 2.75 bits per heavy atom. The van der Waals surface area contributed by atoms with Crippen LogP contribution in [-0.4, -0.2) is 30.6 Å². The van der Waals surface area contributed by atoms with E-state index >= 15 is 0 Å². The van der Waals surface area contributed by atoms with Gasteiger partial charge in [-0.15, -0.1) is 0 Å². The monoisotopic (exact) mass is 170 g/mol. The van der Waals surface area contributed by atoms with Crippen molar-refractivity contribution < 1.29 is 4.79 Å². The number of amides is 1. The second-order valence-electron chi connectivity index (χ2n) is 2.87. The molecule has 3 heteroatoms. The number of nitrogens with one attached hydrogen (secondary N) is 1. The third-order valence-electron chi connectivity index (χ3n) is 1.77. The van der Waals surface area contributed by atoms with Gasteiger partial charge < -0.3 is 5.32 Å². The summed E-state index contributed by atoms with van der Waals surface area (Å²) in [6.07, 6.45) is 2.46. The first-order valence-electron chi connectivity index (χ1n) is 4.25. The highest BCUT2D eigenvalue weighted by atomic mass is 16.1. The number of carbonyl (C=O) groups excluding carboxylic acids is 1. The molecule has 0 fully saturated rings. The second kappa shape index (κ2) is 5.77. The Morgan fingerprint density at radius 1 is 1.75 bits per heavy atom. The Kier molecular flexibility index (Phi) is 5.37. The van der Waals surface area contributed by atoms with E-state index in [1.807, 2.05) is 14.0 Å². The van der Waals surface area contributed by atoms with E-state index in [2.05, 4.69) is 23.7 Å². The maximum Gasteiger partial charge on any atom is 0.244 e. The zero-order valence-corrected chi connectivity index (χ0v) is 8.13. The number of hydrogen-bond donors (Lipinski definition) is 1. The predicted molar refractivity (Wildman–Crippen MR) is 50.7 cm³/mol. The lowest BCUT2D eigenvalue weighted by atomic mass is 10.4. The average Bonchev–Trinajstić information content (AvgIpc) is 2.04. The molecule has 70 valence electrons. The molecule has 0 aromatic carbocycles. The normalized spacial score (nSPS) is 12.7. The van der Waals surface area contributed by atoms with Crippen LogP contribution in [0.3, 0.4) is 0 Å². The molecule has 1 unspecified atom stereocenters. The molecule has 0 saturated heterocycles. The number of carbonyl (C=O) groups is 1. The quantitative estimate of drug-likeness (QED) is 0.492. The first kappa shape index (κ1) is 11.2.